The number of nitrogens with zero attached hydrogens (tertiary/aromatic N) is 1. The highest BCUT2D eigenvalue weighted by Gasteiger charge is 2.19. The average Bonchev–Trinajstić information content (AvgIpc) is 2.88. The lowest BCUT2D eigenvalue weighted by Gasteiger charge is -2.14. The third-order valence-corrected chi connectivity index (χ3v) is 4.78. The van der Waals surface area contributed by atoms with Gasteiger partial charge in [0.1, 0.15) is 6.04 Å². The monoisotopic (exact) mass is 506 g/mol. The van der Waals surface area contributed by atoms with Crippen LogP contribution in [-0.4, -0.2) is 74.1 Å². The molecule has 0 bridgehead atoms. The van der Waals surface area contributed by atoms with E-state index in [0.717, 1.165) is 18.7 Å². The zero-order valence-corrected chi connectivity index (χ0v) is 20.2. The zero-order valence-electron chi connectivity index (χ0n) is 20.2. The zero-order chi connectivity index (χ0) is 26.3. The quantitative estimate of drug-likeness (QED) is 0.118. The number of nitrogens with one attached hydrogen (secondary N) is 4. The lowest BCUT2D eigenvalue weighted by molar-refractivity contribution is -0.130. The SMILES string of the molecule is C.CN(C)CCNCC(=O)Nc1ccc(C#CC#Cc2ccc(C(=O)N[C@@H](CN)C(=O)NO)cc2)cc1. The average molecular weight is 507 g/mol. The van der Waals surface area contributed by atoms with Crippen molar-refractivity contribution in [3.05, 3.63) is 65.2 Å². The summed E-state index contributed by atoms with van der Waals surface area (Å²) in [5.41, 5.74) is 9.29. The smallest absolute Gasteiger partial charge is 0.267 e. The van der Waals surface area contributed by atoms with Crippen LogP contribution in [0.3, 0.4) is 0 Å². The number of nitrogens with two attached hydrogens (primary N) is 1. The van der Waals surface area contributed by atoms with E-state index >= 15 is 0 Å². The van der Waals surface area contributed by atoms with E-state index in [1.165, 1.54) is 5.48 Å². The summed E-state index contributed by atoms with van der Waals surface area (Å²) in [4.78, 5) is 37.6. The Morgan fingerprint density at radius 2 is 1.54 bits per heavy atom. The van der Waals surface area contributed by atoms with Crippen LogP contribution >= 0.6 is 0 Å². The maximum atomic E-state index is 12.2. The van der Waals surface area contributed by atoms with E-state index in [9.17, 15) is 14.4 Å². The predicted molar refractivity (Wildman–Crippen MR) is 144 cm³/mol. The van der Waals surface area contributed by atoms with Crippen LogP contribution in [0, 0.1) is 23.7 Å². The molecule has 2 aromatic rings. The molecular formula is C27H34N6O4. The van der Waals surface area contributed by atoms with Gasteiger partial charge in [0.05, 0.1) is 6.54 Å². The first-order valence-electron chi connectivity index (χ1n) is 11.1. The van der Waals surface area contributed by atoms with Gasteiger partial charge in [-0.2, -0.15) is 0 Å². The van der Waals surface area contributed by atoms with E-state index in [4.69, 9.17) is 10.9 Å². The minimum atomic E-state index is -1.04. The summed E-state index contributed by atoms with van der Waals surface area (Å²) in [6.07, 6.45) is 0. The third-order valence-electron chi connectivity index (χ3n) is 4.78. The Balaban J connectivity index is 0.00000684. The van der Waals surface area contributed by atoms with Crippen LogP contribution in [0.25, 0.3) is 0 Å². The molecule has 0 heterocycles. The van der Waals surface area contributed by atoms with Crippen molar-refractivity contribution in [2.45, 2.75) is 13.5 Å². The van der Waals surface area contributed by atoms with E-state index in [1.807, 2.05) is 19.0 Å². The number of hydroxylamine groups is 1. The van der Waals surface area contributed by atoms with Gasteiger partial charge in [-0.3, -0.25) is 19.6 Å². The molecule has 0 aliphatic heterocycles. The molecule has 0 saturated carbocycles. The second-order valence-corrected chi connectivity index (χ2v) is 7.92. The summed E-state index contributed by atoms with van der Waals surface area (Å²) in [6.45, 7) is 1.67. The second-order valence-electron chi connectivity index (χ2n) is 7.92. The van der Waals surface area contributed by atoms with Crippen molar-refractivity contribution in [3.63, 3.8) is 0 Å². The van der Waals surface area contributed by atoms with E-state index in [1.54, 1.807) is 48.5 Å². The molecule has 0 aliphatic carbocycles. The van der Waals surface area contributed by atoms with Gasteiger partial charge in [-0.1, -0.05) is 19.3 Å². The van der Waals surface area contributed by atoms with Gasteiger partial charge in [0, 0.05) is 42.0 Å². The molecule has 0 fully saturated rings. The van der Waals surface area contributed by atoms with Crippen molar-refractivity contribution in [3.8, 4) is 23.7 Å². The first kappa shape index (κ1) is 30.8. The molecule has 37 heavy (non-hydrogen) atoms. The number of benzene rings is 2. The van der Waals surface area contributed by atoms with Crippen LogP contribution in [0.4, 0.5) is 5.69 Å². The van der Waals surface area contributed by atoms with Gasteiger partial charge in [-0.15, -0.1) is 0 Å². The van der Waals surface area contributed by atoms with Gasteiger partial charge in [-0.05, 0) is 74.5 Å². The van der Waals surface area contributed by atoms with Crippen LogP contribution in [0.15, 0.2) is 48.5 Å². The molecular weight excluding hydrogens is 472 g/mol. The van der Waals surface area contributed by atoms with Gasteiger partial charge in [-0.25, -0.2) is 5.48 Å². The molecule has 2 rings (SSSR count). The number of amides is 3. The van der Waals surface area contributed by atoms with Crippen LogP contribution < -0.4 is 27.2 Å². The number of hydrogen-bond donors (Lipinski definition) is 6. The Kier molecular flexibility index (Phi) is 13.7. The lowest BCUT2D eigenvalue weighted by atomic mass is 10.1. The number of carbonyl (C=O) groups excluding carboxylic acids is 3. The predicted octanol–water partition coefficient (Wildman–Crippen LogP) is 0.378. The van der Waals surface area contributed by atoms with Crippen molar-refractivity contribution in [1.82, 2.24) is 21.0 Å². The molecule has 10 heteroatoms. The largest absolute Gasteiger partial charge is 0.339 e. The molecule has 3 amide bonds. The molecule has 10 nitrogen and oxygen atoms in total. The van der Waals surface area contributed by atoms with Crippen molar-refractivity contribution in [2.24, 2.45) is 5.73 Å². The fourth-order valence-electron chi connectivity index (χ4n) is 2.81. The Labute approximate surface area is 217 Å². The number of likely N-dealkylation sites (N-methyl/N-ethyl adjacent to an activating group) is 1. The highest BCUT2D eigenvalue weighted by Crippen LogP contribution is 2.08. The fourth-order valence-corrected chi connectivity index (χ4v) is 2.81. The molecule has 7 N–H and O–H groups in total. The molecule has 0 spiro atoms. The van der Waals surface area contributed by atoms with E-state index < -0.39 is 17.9 Å². The number of rotatable bonds is 10. The maximum absolute atomic E-state index is 12.2. The van der Waals surface area contributed by atoms with E-state index in [2.05, 4.69) is 39.6 Å². The van der Waals surface area contributed by atoms with E-state index in [-0.39, 0.29) is 26.4 Å². The van der Waals surface area contributed by atoms with Gasteiger partial charge in [0.25, 0.3) is 11.8 Å². The van der Waals surface area contributed by atoms with Crippen molar-refractivity contribution >= 4 is 23.4 Å². The van der Waals surface area contributed by atoms with Crippen LogP contribution in [0.2, 0.25) is 0 Å². The minimum absolute atomic E-state index is 0. The van der Waals surface area contributed by atoms with Crippen molar-refractivity contribution in [2.75, 3.05) is 45.6 Å². The second kappa shape index (κ2) is 16.5. The lowest BCUT2D eigenvalue weighted by Crippen LogP contribution is -2.50. The van der Waals surface area contributed by atoms with Gasteiger partial charge < -0.3 is 26.6 Å². The number of anilines is 1. The normalized spacial score (nSPS) is 10.5. The molecule has 0 aromatic heterocycles. The first-order valence-corrected chi connectivity index (χ1v) is 11.1. The molecule has 0 aliphatic rings. The highest BCUT2D eigenvalue weighted by atomic mass is 16.5. The summed E-state index contributed by atoms with van der Waals surface area (Å²) < 4.78 is 0. The molecule has 0 saturated heterocycles. The van der Waals surface area contributed by atoms with E-state index in [0.29, 0.717) is 16.8 Å². The van der Waals surface area contributed by atoms with Gasteiger partial charge >= 0.3 is 0 Å². The van der Waals surface area contributed by atoms with Crippen molar-refractivity contribution < 1.29 is 19.6 Å². The topological polar surface area (TPSA) is 149 Å². The Morgan fingerprint density at radius 1 is 0.973 bits per heavy atom. The standard InChI is InChI=1S/C26H30N6O4.CH4/c1-32(2)16-15-28-18-24(33)29-22-13-9-20(10-14-22)6-4-3-5-19-7-11-21(12-8-19)25(34)30-23(17-27)26(35)31-36;/h7-14,23,28,36H,15-18,27H2,1-2H3,(H,29,33)(H,30,34)(H,31,35);1H4/t23-;/m0./s1. The Bertz CT molecular complexity index is 1160. The summed E-state index contributed by atoms with van der Waals surface area (Å²) in [5.74, 6) is 9.93. The molecule has 2 aromatic carbocycles. The highest BCUT2D eigenvalue weighted by molar-refractivity contribution is 5.97. The van der Waals surface area contributed by atoms with Crippen LogP contribution in [-0.2, 0) is 9.59 Å². The maximum Gasteiger partial charge on any atom is 0.267 e. The van der Waals surface area contributed by atoms with Crippen molar-refractivity contribution in [1.29, 1.82) is 0 Å². The summed E-state index contributed by atoms with van der Waals surface area (Å²) in [5, 5.41) is 17.0. The molecule has 1 atom stereocenters. The summed E-state index contributed by atoms with van der Waals surface area (Å²) in [6, 6.07) is 12.5. The third kappa shape index (κ3) is 11.4. The van der Waals surface area contributed by atoms with Gasteiger partial charge in [0.15, 0.2) is 0 Å². The molecule has 0 unspecified atom stereocenters. The summed E-state index contributed by atoms with van der Waals surface area (Å²) in [7, 11) is 3.95. The fraction of sp³-hybridized carbons (Fsp3) is 0.296. The summed E-state index contributed by atoms with van der Waals surface area (Å²) >= 11 is 0. The number of hydrogen-bond acceptors (Lipinski definition) is 7. The van der Waals surface area contributed by atoms with Crippen LogP contribution in [0.5, 0.6) is 0 Å². The molecule has 0 radical (unpaired) electrons. The Hall–Kier alpha value is -4.19. The Morgan fingerprint density at radius 3 is 2.05 bits per heavy atom. The van der Waals surface area contributed by atoms with Crippen LogP contribution in [0.1, 0.15) is 28.9 Å². The van der Waals surface area contributed by atoms with Gasteiger partial charge in [0.2, 0.25) is 5.91 Å². The minimum Gasteiger partial charge on any atom is -0.339 e. The molecule has 196 valence electrons. The first-order chi connectivity index (χ1) is 17.3. The number of carbonyl (C=O) groups is 3.